The summed E-state index contributed by atoms with van der Waals surface area (Å²) in [5.74, 6) is -0.417. The fourth-order valence-corrected chi connectivity index (χ4v) is 3.77. The first-order valence-corrected chi connectivity index (χ1v) is 9.30. The highest BCUT2D eigenvalue weighted by Gasteiger charge is 2.19. The van der Waals surface area contributed by atoms with Crippen molar-refractivity contribution in [2.75, 3.05) is 6.61 Å². The second-order valence-electron chi connectivity index (χ2n) is 6.11. The summed E-state index contributed by atoms with van der Waals surface area (Å²) in [6.45, 7) is 10.3. The number of carbonyl (C=O) groups is 2. The Hall–Kier alpha value is -0.840. The molecule has 0 aliphatic heterocycles. The van der Waals surface area contributed by atoms with Crippen LogP contribution in [0.1, 0.15) is 33.3 Å². The maximum Gasteiger partial charge on any atom is 0.344 e. The van der Waals surface area contributed by atoms with Crippen molar-refractivity contribution in [1.82, 2.24) is 0 Å². The predicted octanol–water partition coefficient (Wildman–Crippen LogP) is 4.24. The minimum absolute atomic E-state index is 0.0438. The summed E-state index contributed by atoms with van der Waals surface area (Å²) in [6.07, 6.45) is 0. The van der Waals surface area contributed by atoms with Gasteiger partial charge in [0, 0.05) is 14.7 Å². The van der Waals surface area contributed by atoms with E-state index in [2.05, 4.69) is 51.8 Å². The molecule has 1 aromatic carbocycles. The van der Waals surface area contributed by atoms with E-state index in [0.29, 0.717) is 16.9 Å². The molecule has 0 amide bonds. The second kappa shape index (κ2) is 9.02. The average Bonchev–Trinajstić information content (AvgIpc) is 2.41. The zero-order valence-corrected chi connectivity index (χ0v) is 18.4. The number of benzene rings is 1. The van der Waals surface area contributed by atoms with Crippen molar-refractivity contribution in [2.24, 2.45) is 0 Å². The summed E-state index contributed by atoms with van der Waals surface area (Å²) in [5, 5.41) is 0. The fraction of sp³-hybridized carbons (Fsp3) is 0.412. The Labute approximate surface area is 169 Å². The van der Waals surface area contributed by atoms with Crippen LogP contribution in [-0.2, 0) is 25.7 Å². The minimum Gasteiger partial charge on any atom is -0.480 e. The maximum atomic E-state index is 11.8. The maximum absolute atomic E-state index is 11.8. The Bertz CT molecular complexity index is 647. The van der Waals surface area contributed by atoms with E-state index in [1.165, 1.54) is 0 Å². The first-order valence-electron chi connectivity index (χ1n) is 7.15. The SMILES string of the molecule is C=C(C)C(=O)OCc1cc(I)cc(I)c1OCC(=O)OC(C)(C)C. The van der Waals surface area contributed by atoms with Crippen molar-refractivity contribution in [3.05, 3.63) is 37.0 Å². The van der Waals surface area contributed by atoms with E-state index in [0.717, 1.165) is 7.14 Å². The molecule has 0 unspecified atom stereocenters. The van der Waals surface area contributed by atoms with Crippen molar-refractivity contribution in [2.45, 2.75) is 39.9 Å². The van der Waals surface area contributed by atoms with Crippen LogP contribution < -0.4 is 4.74 Å². The van der Waals surface area contributed by atoms with Crippen LogP contribution in [0, 0.1) is 7.14 Å². The third-order valence-electron chi connectivity index (χ3n) is 2.55. The number of esters is 2. The summed E-state index contributed by atoms with van der Waals surface area (Å²) >= 11 is 4.28. The van der Waals surface area contributed by atoms with Crippen LogP contribution in [0.5, 0.6) is 5.75 Å². The average molecular weight is 558 g/mol. The Morgan fingerprint density at radius 1 is 1.21 bits per heavy atom. The lowest BCUT2D eigenvalue weighted by Crippen LogP contribution is -2.27. The molecule has 7 heteroatoms. The molecule has 0 saturated carbocycles. The lowest BCUT2D eigenvalue weighted by molar-refractivity contribution is -0.157. The molecule has 0 spiro atoms. The Morgan fingerprint density at radius 2 is 1.83 bits per heavy atom. The molecule has 132 valence electrons. The first-order chi connectivity index (χ1) is 11.0. The molecule has 0 saturated heterocycles. The van der Waals surface area contributed by atoms with Gasteiger partial charge in [0.1, 0.15) is 18.0 Å². The zero-order chi connectivity index (χ0) is 18.5. The van der Waals surface area contributed by atoms with E-state index in [4.69, 9.17) is 14.2 Å². The fourth-order valence-electron chi connectivity index (χ4n) is 1.65. The van der Waals surface area contributed by atoms with E-state index < -0.39 is 17.5 Å². The van der Waals surface area contributed by atoms with Gasteiger partial charge in [0.25, 0.3) is 0 Å². The van der Waals surface area contributed by atoms with Crippen LogP contribution >= 0.6 is 45.2 Å². The summed E-state index contributed by atoms with van der Waals surface area (Å²) in [7, 11) is 0. The highest BCUT2D eigenvalue weighted by Crippen LogP contribution is 2.29. The Balaban J connectivity index is 2.87. The van der Waals surface area contributed by atoms with Crippen LogP contribution in [0.4, 0.5) is 0 Å². The largest absolute Gasteiger partial charge is 0.480 e. The molecule has 24 heavy (non-hydrogen) atoms. The van der Waals surface area contributed by atoms with Crippen LogP contribution in [0.15, 0.2) is 24.3 Å². The first kappa shape index (κ1) is 21.2. The monoisotopic (exact) mass is 558 g/mol. The van der Waals surface area contributed by atoms with E-state index in [9.17, 15) is 9.59 Å². The Morgan fingerprint density at radius 3 is 2.38 bits per heavy atom. The molecule has 1 rings (SSSR count). The summed E-state index contributed by atoms with van der Waals surface area (Å²) < 4.78 is 17.8. The van der Waals surface area contributed by atoms with Gasteiger partial charge in [-0.05, 0) is 85.0 Å². The molecule has 0 bridgehead atoms. The van der Waals surface area contributed by atoms with Gasteiger partial charge in [-0.25, -0.2) is 9.59 Å². The third-order valence-corrected chi connectivity index (χ3v) is 3.97. The lowest BCUT2D eigenvalue weighted by Gasteiger charge is -2.20. The normalized spacial score (nSPS) is 10.9. The van der Waals surface area contributed by atoms with Crippen LogP contribution in [-0.4, -0.2) is 24.1 Å². The van der Waals surface area contributed by atoms with Gasteiger partial charge in [0.2, 0.25) is 0 Å². The smallest absolute Gasteiger partial charge is 0.344 e. The van der Waals surface area contributed by atoms with Gasteiger partial charge in [-0.15, -0.1) is 0 Å². The van der Waals surface area contributed by atoms with Crippen molar-refractivity contribution >= 4 is 57.1 Å². The van der Waals surface area contributed by atoms with Crippen molar-refractivity contribution < 1.29 is 23.8 Å². The molecule has 0 N–H and O–H groups in total. The number of rotatable bonds is 6. The molecular formula is C17H20I2O5. The highest BCUT2D eigenvalue weighted by atomic mass is 127. The lowest BCUT2D eigenvalue weighted by atomic mass is 10.2. The molecule has 1 aromatic rings. The molecular weight excluding hydrogens is 538 g/mol. The second-order valence-corrected chi connectivity index (χ2v) is 8.52. The van der Waals surface area contributed by atoms with Crippen LogP contribution in [0.3, 0.4) is 0 Å². The van der Waals surface area contributed by atoms with E-state index in [1.54, 1.807) is 27.7 Å². The molecule has 0 fully saturated rings. The highest BCUT2D eigenvalue weighted by molar-refractivity contribution is 14.1. The van der Waals surface area contributed by atoms with Gasteiger partial charge in [-0.1, -0.05) is 6.58 Å². The summed E-state index contributed by atoms with van der Waals surface area (Å²) in [5.41, 5.74) is 0.440. The van der Waals surface area contributed by atoms with E-state index in [-0.39, 0.29) is 13.2 Å². The number of hydrogen-bond donors (Lipinski definition) is 0. The number of ether oxygens (including phenoxy) is 3. The molecule has 5 nitrogen and oxygen atoms in total. The molecule has 0 aliphatic carbocycles. The minimum atomic E-state index is -0.570. The zero-order valence-electron chi connectivity index (χ0n) is 14.1. The van der Waals surface area contributed by atoms with Crippen molar-refractivity contribution in [1.29, 1.82) is 0 Å². The van der Waals surface area contributed by atoms with Gasteiger partial charge in [-0.2, -0.15) is 0 Å². The van der Waals surface area contributed by atoms with Gasteiger partial charge < -0.3 is 14.2 Å². The summed E-state index contributed by atoms with van der Waals surface area (Å²) in [4.78, 5) is 23.4. The third kappa shape index (κ3) is 7.37. The number of halogens is 2. The van der Waals surface area contributed by atoms with Gasteiger partial charge in [-0.3, -0.25) is 0 Å². The number of hydrogen-bond acceptors (Lipinski definition) is 5. The predicted molar refractivity (Wildman–Crippen MR) is 108 cm³/mol. The quantitative estimate of drug-likeness (QED) is 0.297. The molecule has 0 radical (unpaired) electrons. The van der Waals surface area contributed by atoms with Crippen LogP contribution in [0.2, 0.25) is 0 Å². The van der Waals surface area contributed by atoms with Gasteiger partial charge in [0.05, 0.1) is 3.57 Å². The molecule has 0 heterocycles. The number of carbonyl (C=O) groups excluding carboxylic acids is 2. The standard InChI is InChI=1S/C17H20I2O5/c1-10(2)16(21)23-8-11-6-12(18)7-13(19)15(11)22-9-14(20)24-17(3,4)5/h6-7H,1,8-9H2,2-5H3. The molecule has 0 aliphatic rings. The van der Waals surface area contributed by atoms with Gasteiger partial charge >= 0.3 is 11.9 Å². The van der Waals surface area contributed by atoms with Crippen LogP contribution in [0.25, 0.3) is 0 Å². The van der Waals surface area contributed by atoms with E-state index >= 15 is 0 Å². The van der Waals surface area contributed by atoms with Gasteiger partial charge in [0.15, 0.2) is 6.61 Å². The molecule has 0 atom stereocenters. The van der Waals surface area contributed by atoms with E-state index in [1.807, 2.05) is 12.1 Å². The molecule has 0 aromatic heterocycles. The van der Waals surface area contributed by atoms with Crippen molar-refractivity contribution in [3.8, 4) is 5.75 Å². The topological polar surface area (TPSA) is 61.8 Å². The van der Waals surface area contributed by atoms with Crippen molar-refractivity contribution in [3.63, 3.8) is 0 Å². The Kier molecular flexibility index (Phi) is 7.97. The summed E-state index contributed by atoms with van der Waals surface area (Å²) in [6, 6.07) is 3.76.